The summed E-state index contributed by atoms with van der Waals surface area (Å²) >= 11 is 8.22. The van der Waals surface area contributed by atoms with E-state index in [4.69, 9.17) is 12.2 Å². The first kappa shape index (κ1) is 9.82. The van der Waals surface area contributed by atoms with E-state index in [1.807, 2.05) is 7.05 Å². The standard InChI is InChI=1S/C8H9N3S3/c1-11(5-6-3-2-4-13-6)7-9-10-8(12)14-7/h2-4H,5H2,1H3,(H,10,12). The second kappa shape index (κ2) is 4.20. The van der Waals surface area contributed by atoms with Crippen LogP contribution in [-0.2, 0) is 6.54 Å². The van der Waals surface area contributed by atoms with E-state index >= 15 is 0 Å². The molecule has 1 N–H and O–H groups in total. The number of H-pyrrole nitrogens is 1. The number of anilines is 1. The van der Waals surface area contributed by atoms with Crippen LogP contribution in [0.2, 0.25) is 0 Å². The van der Waals surface area contributed by atoms with E-state index in [1.54, 1.807) is 11.3 Å². The zero-order valence-electron chi connectivity index (χ0n) is 7.56. The van der Waals surface area contributed by atoms with Gasteiger partial charge in [-0.3, -0.25) is 5.10 Å². The Bertz CT molecular complexity index is 442. The molecule has 0 fully saturated rings. The molecule has 14 heavy (non-hydrogen) atoms. The Labute approximate surface area is 95.0 Å². The van der Waals surface area contributed by atoms with E-state index in [2.05, 4.69) is 32.6 Å². The van der Waals surface area contributed by atoms with Gasteiger partial charge in [0.15, 0.2) is 3.95 Å². The first-order chi connectivity index (χ1) is 6.75. The predicted octanol–water partition coefficient (Wildman–Crippen LogP) is 2.90. The molecule has 0 amide bonds. The van der Waals surface area contributed by atoms with Crippen LogP contribution in [-0.4, -0.2) is 17.2 Å². The summed E-state index contributed by atoms with van der Waals surface area (Å²) in [5.41, 5.74) is 0. The molecule has 2 aromatic rings. The zero-order chi connectivity index (χ0) is 9.97. The average Bonchev–Trinajstić information content (AvgIpc) is 2.75. The van der Waals surface area contributed by atoms with Gasteiger partial charge in [-0.1, -0.05) is 17.4 Å². The summed E-state index contributed by atoms with van der Waals surface area (Å²) < 4.78 is 0.720. The van der Waals surface area contributed by atoms with E-state index in [1.165, 1.54) is 16.2 Å². The van der Waals surface area contributed by atoms with E-state index in [9.17, 15) is 0 Å². The van der Waals surface area contributed by atoms with Crippen LogP contribution in [0.5, 0.6) is 0 Å². The van der Waals surface area contributed by atoms with Gasteiger partial charge in [0.25, 0.3) is 0 Å². The van der Waals surface area contributed by atoms with Gasteiger partial charge in [0.1, 0.15) is 0 Å². The van der Waals surface area contributed by atoms with Crippen molar-refractivity contribution < 1.29 is 0 Å². The highest BCUT2D eigenvalue weighted by molar-refractivity contribution is 7.73. The van der Waals surface area contributed by atoms with Crippen molar-refractivity contribution in [1.82, 2.24) is 10.2 Å². The summed E-state index contributed by atoms with van der Waals surface area (Å²) in [6.45, 7) is 0.883. The fourth-order valence-corrected chi connectivity index (χ4v) is 2.68. The third-order valence-electron chi connectivity index (χ3n) is 1.73. The molecule has 0 atom stereocenters. The van der Waals surface area contributed by atoms with Crippen molar-refractivity contribution in [3.8, 4) is 0 Å². The maximum Gasteiger partial charge on any atom is 0.206 e. The van der Waals surface area contributed by atoms with Crippen LogP contribution in [0.3, 0.4) is 0 Å². The highest BCUT2D eigenvalue weighted by atomic mass is 32.1. The fourth-order valence-electron chi connectivity index (χ4n) is 1.09. The monoisotopic (exact) mass is 243 g/mol. The molecule has 0 aliphatic heterocycles. The summed E-state index contributed by atoms with van der Waals surface area (Å²) in [6.07, 6.45) is 0. The minimum atomic E-state index is 0.720. The van der Waals surface area contributed by atoms with Crippen LogP contribution in [0.4, 0.5) is 5.13 Å². The number of nitrogens with one attached hydrogen (secondary N) is 1. The molecule has 3 nitrogen and oxygen atoms in total. The Kier molecular flexibility index (Phi) is 2.95. The lowest BCUT2D eigenvalue weighted by Crippen LogP contribution is -2.15. The quantitative estimate of drug-likeness (QED) is 0.841. The molecule has 6 heteroatoms. The van der Waals surface area contributed by atoms with Crippen LogP contribution in [0, 0.1) is 3.95 Å². The van der Waals surface area contributed by atoms with Crippen LogP contribution in [0.1, 0.15) is 4.88 Å². The van der Waals surface area contributed by atoms with Crippen molar-refractivity contribution in [2.45, 2.75) is 6.54 Å². The Hall–Kier alpha value is -0.720. The van der Waals surface area contributed by atoms with Gasteiger partial charge in [-0.05, 0) is 23.7 Å². The lowest BCUT2D eigenvalue weighted by atomic mass is 10.4. The first-order valence-corrected chi connectivity index (χ1v) is 6.15. The SMILES string of the molecule is CN(Cc1cccs1)c1n[nH]c(=S)s1. The van der Waals surface area contributed by atoms with Gasteiger partial charge in [-0.2, -0.15) is 0 Å². The smallest absolute Gasteiger partial charge is 0.206 e. The minimum absolute atomic E-state index is 0.720. The van der Waals surface area contributed by atoms with Crippen LogP contribution < -0.4 is 4.90 Å². The third-order valence-corrected chi connectivity index (χ3v) is 3.79. The largest absolute Gasteiger partial charge is 0.345 e. The van der Waals surface area contributed by atoms with E-state index < -0.39 is 0 Å². The van der Waals surface area contributed by atoms with Crippen molar-refractivity contribution >= 4 is 40.0 Å². The molecule has 0 aliphatic rings. The highest BCUT2D eigenvalue weighted by Crippen LogP contribution is 2.19. The fraction of sp³-hybridized carbons (Fsp3) is 0.250. The topological polar surface area (TPSA) is 31.9 Å². The van der Waals surface area contributed by atoms with Gasteiger partial charge in [0.2, 0.25) is 5.13 Å². The Morgan fingerprint density at radius 2 is 2.50 bits per heavy atom. The summed E-state index contributed by atoms with van der Waals surface area (Å²) in [4.78, 5) is 3.41. The Balaban J connectivity index is 2.10. The first-order valence-electron chi connectivity index (χ1n) is 4.05. The van der Waals surface area contributed by atoms with Gasteiger partial charge < -0.3 is 4.90 Å². The molecule has 0 bridgehead atoms. The average molecular weight is 243 g/mol. The number of hydrogen-bond donors (Lipinski definition) is 1. The molecule has 0 aromatic carbocycles. The number of aromatic nitrogens is 2. The van der Waals surface area contributed by atoms with Crippen molar-refractivity contribution in [1.29, 1.82) is 0 Å². The molecule has 0 saturated heterocycles. The number of thiophene rings is 1. The molecule has 0 spiro atoms. The van der Waals surface area contributed by atoms with Crippen LogP contribution in [0.15, 0.2) is 17.5 Å². The van der Waals surface area contributed by atoms with Crippen LogP contribution in [0.25, 0.3) is 0 Å². The van der Waals surface area contributed by atoms with Gasteiger partial charge in [-0.25, -0.2) is 0 Å². The Morgan fingerprint density at radius 1 is 1.64 bits per heavy atom. The highest BCUT2D eigenvalue weighted by Gasteiger charge is 2.05. The minimum Gasteiger partial charge on any atom is -0.345 e. The van der Waals surface area contributed by atoms with Gasteiger partial charge in [0, 0.05) is 11.9 Å². The molecule has 2 heterocycles. The molecule has 74 valence electrons. The molecule has 0 saturated carbocycles. The summed E-state index contributed by atoms with van der Waals surface area (Å²) in [5.74, 6) is 0. The second-order valence-electron chi connectivity index (χ2n) is 2.83. The van der Waals surface area contributed by atoms with E-state index in [0.29, 0.717) is 0 Å². The number of aromatic amines is 1. The molecule has 0 radical (unpaired) electrons. The maximum absolute atomic E-state index is 4.98. The summed E-state index contributed by atoms with van der Waals surface area (Å²) in [6, 6.07) is 4.17. The van der Waals surface area contributed by atoms with Crippen LogP contribution >= 0.6 is 34.9 Å². The summed E-state index contributed by atoms with van der Waals surface area (Å²) in [5, 5.41) is 9.90. The van der Waals surface area contributed by atoms with E-state index in [0.717, 1.165) is 15.6 Å². The Morgan fingerprint density at radius 3 is 3.07 bits per heavy atom. The molecule has 2 aromatic heterocycles. The van der Waals surface area contributed by atoms with Gasteiger partial charge in [0.05, 0.1) is 6.54 Å². The van der Waals surface area contributed by atoms with Gasteiger partial charge in [-0.15, -0.1) is 16.4 Å². The predicted molar refractivity (Wildman–Crippen MR) is 63.7 cm³/mol. The van der Waals surface area contributed by atoms with E-state index in [-0.39, 0.29) is 0 Å². The molecule has 0 aliphatic carbocycles. The number of hydrogen-bond acceptors (Lipinski definition) is 5. The van der Waals surface area contributed by atoms with Crippen molar-refractivity contribution in [2.75, 3.05) is 11.9 Å². The molecule has 2 rings (SSSR count). The van der Waals surface area contributed by atoms with Gasteiger partial charge >= 0.3 is 0 Å². The summed E-state index contributed by atoms with van der Waals surface area (Å²) in [7, 11) is 2.02. The normalized spacial score (nSPS) is 10.4. The molecular weight excluding hydrogens is 234 g/mol. The second-order valence-corrected chi connectivity index (χ2v) is 5.51. The molecule has 0 unspecified atom stereocenters. The lowest BCUT2D eigenvalue weighted by Gasteiger charge is -2.12. The van der Waals surface area contributed by atoms with Crippen molar-refractivity contribution in [2.24, 2.45) is 0 Å². The zero-order valence-corrected chi connectivity index (χ0v) is 10.0. The maximum atomic E-state index is 4.98. The number of rotatable bonds is 3. The molecular formula is C8H9N3S3. The lowest BCUT2D eigenvalue weighted by molar-refractivity contribution is 0.905. The third kappa shape index (κ3) is 2.20. The van der Waals surface area contributed by atoms with Crippen molar-refractivity contribution in [3.63, 3.8) is 0 Å². The number of nitrogens with zero attached hydrogens (tertiary/aromatic N) is 2. The van der Waals surface area contributed by atoms with Crippen molar-refractivity contribution in [3.05, 3.63) is 26.3 Å².